The largest absolute Gasteiger partial charge is 0.515 e. The van der Waals surface area contributed by atoms with Gasteiger partial charge in [-0.3, -0.25) is 7.05 Å². The van der Waals surface area contributed by atoms with E-state index in [-0.39, 0.29) is 53.6 Å². The SMILES string of the molecule is [CH2-]N(c1[c-]c(Oc2[c-]c3c(cc2)c2ccccc2n3-c2cc(C(C)(C)C)ccn2)cc(C(C)(C)C)c1)c1cc(C(C)(C)C)ccc1Nc1cc(-c2cc(C(C)(C)C)cc(C(C)(C)C)c2)cc(C(C)(C)C)c1.[Pt]. The Hall–Kier alpha value is -5.64. The van der Waals surface area contributed by atoms with Crippen LogP contribution in [0.1, 0.15) is 158 Å². The number of aromatic nitrogens is 2. The van der Waals surface area contributed by atoms with Gasteiger partial charge in [0, 0.05) is 55.7 Å². The number of para-hydroxylation sites is 1. The summed E-state index contributed by atoms with van der Waals surface area (Å²) in [5, 5.41) is 6.15. The molecule has 0 unspecified atom stereocenters. The number of rotatable bonds is 8. The maximum Gasteiger partial charge on any atom is 0.135 e. The Kier molecular flexibility index (Phi) is 14.5. The molecule has 0 aliphatic heterocycles. The Balaban J connectivity index is 0.00000760. The predicted octanol–water partition coefficient (Wildman–Crippen LogP) is 18.7. The number of nitrogens with one attached hydrogen (secondary N) is 1. The number of pyridine rings is 1. The summed E-state index contributed by atoms with van der Waals surface area (Å²) in [5.74, 6) is 2.02. The van der Waals surface area contributed by atoms with E-state index in [0.29, 0.717) is 11.5 Å². The van der Waals surface area contributed by atoms with Gasteiger partial charge in [0.15, 0.2) is 0 Å². The summed E-state index contributed by atoms with van der Waals surface area (Å²) in [6.45, 7) is 40.8. The molecular formula is C66H77N4OPt-3. The summed E-state index contributed by atoms with van der Waals surface area (Å²) in [6.07, 6.45) is 1.91. The summed E-state index contributed by atoms with van der Waals surface area (Å²) >= 11 is 0. The molecule has 0 saturated heterocycles. The molecule has 0 atom stereocenters. The van der Waals surface area contributed by atoms with E-state index in [1.165, 1.54) is 38.9 Å². The van der Waals surface area contributed by atoms with Crippen LogP contribution in [0.4, 0.5) is 22.7 Å². The third-order valence-corrected chi connectivity index (χ3v) is 13.8. The minimum Gasteiger partial charge on any atom is -0.515 e. The summed E-state index contributed by atoms with van der Waals surface area (Å²) in [5.41, 5.74) is 15.1. The van der Waals surface area contributed by atoms with Gasteiger partial charge >= 0.3 is 0 Å². The van der Waals surface area contributed by atoms with Crippen LogP contribution in [0.15, 0.2) is 121 Å². The zero-order chi connectivity index (χ0) is 51.8. The molecule has 2 heterocycles. The van der Waals surface area contributed by atoms with Crippen LogP contribution in [0.25, 0.3) is 38.8 Å². The number of hydrogen-bond acceptors (Lipinski definition) is 4. The van der Waals surface area contributed by atoms with E-state index >= 15 is 0 Å². The van der Waals surface area contributed by atoms with Crippen molar-refractivity contribution in [2.45, 2.75) is 157 Å². The molecule has 6 heteroatoms. The van der Waals surface area contributed by atoms with Gasteiger partial charge in [0.05, 0.1) is 5.69 Å². The zero-order valence-corrected chi connectivity index (χ0v) is 48.6. The molecule has 0 radical (unpaired) electrons. The summed E-state index contributed by atoms with van der Waals surface area (Å²) in [6, 6.07) is 49.4. The van der Waals surface area contributed by atoms with E-state index in [1.807, 2.05) is 17.2 Å². The van der Waals surface area contributed by atoms with Crippen LogP contribution in [-0.4, -0.2) is 9.55 Å². The molecule has 0 fully saturated rings. The Morgan fingerprint density at radius 1 is 0.500 bits per heavy atom. The van der Waals surface area contributed by atoms with E-state index < -0.39 is 0 Å². The first kappa shape index (κ1) is 54.1. The second kappa shape index (κ2) is 19.3. The van der Waals surface area contributed by atoms with Crippen LogP contribution in [0.2, 0.25) is 0 Å². The average Bonchev–Trinajstić information content (AvgIpc) is 3.60. The maximum absolute atomic E-state index is 6.86. The second-order valence-electron chi connectivity index (χ2n) is 25.9. The fraction of sp³-hybridized carbons (Fsp3) is 0.364. The molecule has 2 aromatic heterocycles. The Bertz CT molecular complexity index is 3240. The van der Waals surface area contributed by atoms with Crippen molar-refractivity contribution in [3.8, 4) is 28.4 Å². The van der Waals surface area contributed by atoms with Crippen molar-refractivity contribution < 1.29 is 25.8 Å². The van der Waals surface area contributed by atoms with E-state index in [9.17, 15) is 0 Å². The van der Waals surface area contributed by atoms with E-state index in [1.54, 1.807) is 0 Å². The first-order chi connectivity index (χ1) is 32.8. The van der Waals surface area contributed by atoms with Gasteiger partial charge in [0.25, 0.3) is 0 Å². The van der Waals surface area contributed by atoms with Crippen LogP contribution in [0.3, 0.4) is 0 Å². The molecule has 5 nitrogen and oxygen atoms in total. The van der Waals surface area contributed by atoms with Crippen molar-refractivity contribution in [1.29, 1.82) is 0 Å². The predicted molar refractivity (Wildman–Crippen MR) is 304 cm³/mol. The fourth-order valence-electron chi connectivity index (χ4n) is 9.03. The van der Waals surface area contributed by atoms with Crippen molar-refractivity contribution in [3.05, 3.63) is 174 Å². The summed E-state index contributed by atoms with van der Waals surface area (Å²) < 4.78 is 9.06. The van der Waals surface area contributed by atoms with E-state index in [0.717, 1.165) is 55.9 Å². The van der Waals surface area contributed by atoms with Gasteiger partial charge in [-0.05, 0) is 119 Å². The molecule has 0 aliphatic carbocycles. The molecule has 72 heavy (non-hydrogen) atoms. The molecule has 0 amide bonds. The van der Waals surface area contributed by atoms with E-state index in [2.05, 4.69) is 256 Å². The fourth-order valence-corrected chi connectivity index (χ4v) is 9.03. The van der Waals surface area contributed by atoms with Gasteiger partial charge in [0.2, 0.25) is 0 Å². The van der Waals surface area contributed by atoms with Gasteiger partial charge in [-0.15, -0.1) is 47.0 Å². The maximum atomic E-state index is 6.86. The number of hydrogen-bond donors (Lipinski definition) is 1. The van der Waals surface area contributed by atoms with Crippen LogP contribution in [-0.2, 0) is 53.6 Å². The number of ether oxygens (including phenoxy) is 1. The molecular weight excluding hydrogens is 1060 g/mol. The number of anilines is 4. The molecule has 0 aliphatic rings. The van der Waals surface area contributed by atoms with Crippen LogP contribution in [0, 0.1) is 19.2 Å². The molecule has 8 rings (SSSR count). The van der Waals surface area contributed by atoms with Gasteiger partial charge < -0.3 is 19.5 Å². The molecule has 6 aromatic carbocycles. The monoisotopic (exact) mass is 1140 g/mol. The van der Waals surface area contributed by atoms with Gasteiger partial charge in [-0.25, -0.2) is 4.98 Å². The van der Waals surface area contributed by atoms with Crippen molar-refractivity contribution in [1.82, 2.24) is 9.55 Å². The van der Waals surface area contributed by atoms with Crippen molar-refractivity contribution >= 4 is 44.6 Å². The second-order valence-corrected chi connectivity index (χ2v) is 25.9. The molecule has 0 spiro atoms. The summed E-state index contributed by atoms with van der Waals surface area (Å²) in [7, 11) is 4.79. The van der Waals surface area contributed by atoms with Crippen molar-refractivity contribution in [3.63, 3.8) is 0 Å². The topological polar surface area (TPSA) is 42.3 Å². The van der Waals surface area contributed by atoms with Crippen LogP contribution >= 0.6 is 0 Å². The third-order valence-electron chi connectivity index (χ3n) is 13.8. The van der Waals surface area contributed by atoms with Gasteiger partial charge in [-0.2, -0.15) is 6.07 Å². The minimum absolute atomic E-state index is 0. The molecule has 380 valence electrons. The summed E-state index contributed by atoms with van der Waals surface area (Å²) in [4.78, 5) is 6.90. The molecule has 0 saturated carbocycles. The third kappa shape index (κ3) is 11.6. The van der Waals surface area contributed by atoms with Crippen molar-refractivity contribution in [2.24, 2.45) is 0 Å². The Morgan fingerprint density at radius 2 is 1.04 bits per heavy atom. The molecule has 0 bridgehead atoms. The first-order valence-electron chi connectivity index (χ1n) is 25.4. The minimum atomic E-state index is -0.206. The number of fused-ring (bicyclic) bond motifs is 3. The Morgan fingerprint density at radius 3 is 1.64 bits per heavy atom. The normalized spacial score (nSPS) is 12.8. The quantitative estimate of drug-likeness (QED) is 0.154. The Labute approximate surface area is 447 Å². The molecule has 1 N–H and O–H groups in total. The first-order valence-corrected chi connectivity index (χ1v) is 25.4. The zero-order valence-electron chi connectivity index (χ0n) is 46.3. The number of benzene rings is 6. The van der Waals surface area contributed by atoms with Crippen LogP contribution < -0.4 is 15.0 Å². The van der Waals surface area contributed by atoms with Gasteiger partial charge in [-0.1, -0.05) is 179 Å². The smallest absolute Gasteiger partial charge is 0.135 e. The standard InChI is InChI=1S/C66H77N4O.Pt/c1-61(2,3)44-24-27-56(68-50-33-43(32-48(35-50)65(13,14)15)42-30-46(63(7,8)9)34-47(31-42)64(10,11)12)59(38-44)69(19)51-36-49(66(16,17)18)37-53(40-51)71-52-25-26-55-54-22-20-21-23-57(54)70(58(55)41-52)60-39-45(28-29-67-60)62(4,5)6;/h20-39,68H,19H2,1-18H3;/q-3;. The van der Waals surface area contributed by atoms with Crippen molar-refractivity contribution in [2.75, 3.05) is 10.2 Å². The van der Waals surface area contributed by atoms with Gasteiger partial charge in [0.1, 0.15) is 5.82 Å². The average molecular weight is 1140 g/mol. The van der Waals surface area contributed by atoms with E-state index in [4.69, 9.17) is 16.8 Å². The van der Waals surface area contributed by atoms with Crippen LogP contribution in [0.5, 0.6) is 11.5 Å². The number of nitrogens with zero attached hydrogens (tertiary/aromatic N) is 3. The molecule has 8 aromatic rings.